The lowest BCUT2D eigenvalue weighted by molar-refractivity contribution is -0.138. The maximum absolute atomic E-state index is 11.9. The number of fused-ring (bicyclic) bond motifs is 2. The fourth-order valence-corrected chi connectivity index (χ4v) is 2.16. The number of isothiocyanates is 1. The van der Waals surface area contributed by atoms with E-state index in [1.807, 2.05) is 30.4 Å². The van der Waals surface area contributed by atoms with Crippen LogP contribution in [0.25, 0.3) is 0 Å². The van der Waals surface area contributed by atoms with E-state index in [0.29, 0.717) is 6.61 Å². The Hall–Kier alpha value is -2.29. The second-order valence-corrected chi connectivity index (χ2v) is 4.61. The molecule has 0 saturated carbocycles. The molecule has 2 aliphatic rings. The number of carbonyl (C=O) groups is 1. The summed E-state index contributed by atoms with van der Waals surface area (Å²) in [7, 11) is 0. The van der Waals surface area contributed by atoms with Gasteiger partial charge in [0.2, 0.25) is 0 Å². The molecule has 0 aromatic rings. The van der Waals surface area contributed by atoms with E-state index in [2.05, 4.69) is 34.5 Å². The first kappa shape index (κ1) is 15.1. The lowest BCUT2D eigenvalue weighted by Crippen LogP contribution is -2.06. The smallest absolute Gasteiger partial charge is 0.357 e. The van der Waals surface area contributed by atoms with Gasteiger partial charge in [0.25, 0.3) is 0 Å². The molecule has 0 aromatic carbocycles. The van der Waals surface area contributed by atoms with Crippen LogP contribution in [0.4, 0.5) is 0 Å². The molecular weight excluding hydrogens is 282 g/mol. The molecule has 0 heterocycles. The SMILES string of the molecule is CCOC(=O)/C(=C/C1=CC=CC2=CC=CC=C1C2)N=C=S. The van der Waals surface area contributed by atoms with Gasteiger partial charge in [0.05, 0.1) is 11.8 Å². The standard InChI is InChI=1S/C17H15NO2S/c1-2-20-17(19)16(18-12-21)11-15-9-5-7-13-6-3-4-8-14(15)10-13/h3-9,11H,2,10H2,1H3/b16-11-. The van der Waals surface area contributed by atoms with Crippen molar-refractivity contribution in [1.82, 2.24) is 0 Å². The number of aliphatic imine (C=N–C) groups is 1. The van der Waals surface area contributed by atoms with Crippen molar-refractivity contribution in [2.75, 3.05) is 6.61 Å². The molecule has 0 amide bonds. The molecule has 0 atom stereocenters. The van der Waals surface area contributed by atoms with Crippen LogP contribution in [0, 0.1) is 0 Å². The Bertz CT molecular complexity index is 669. The third kappa shape index (κ3) is 4.09. The summed E-state index contributed by atoms with van der Waals surface area (Å²) in [6, 6.07) is 0. The Balaban J connectivity index is 2.39. The zero-order valence-corrected chi connectivity index (χ0v) is 12.5. The van der Waals surface area contributed by atoms with Crippen molar-refractivity contribution in [2.24, 2.45) is 4.99 Å². The molecule has 0 saturated heterocycles. The van der Waals surface area contributed by atoms with Crippen LogP contribution in [0.3, 0.4) is 0 Å². The molecule has 106 valence electrons. The van der Waals surface area contributed by atoms with E-state index in [4.69, 9.17) is 4.74 Å². The number of rotatable bonds is 4. The second kappa shape index (κ2) is 7.48. The number of hydrogen-bond donors (Lipinski definition) is 0. The molecule has 0 aromatic heterocycles. The van der Waals surface area contributed by atoms with E-state index in [9.17, 15) is 4.79 Å². The highest BCUT2D eigenvalue weighted by Crippen LogP contribution is 2.27. The van der Waals surface area contributed by atoms with Gasteiger partial charge >= 0.3 is 5.97 Å². The quantitative estimate of drug-likeness (QED) is 0.342. The molecule has 21 heavy (non-hydrogen) atoms. The maximum Gasteiger partial charge on any atom is 0.357 e. The first-order valence-electron chi connectivity index (χ1n) is 6.66. The monoisotopic (exact) mass is 297 g/mol. The van der Waals surface area contributed by atoms with Crippen LogP contribution in [-0.4, -0.2) is 17.7 Å². The van der Waals surface area contributed by atoms with Gasteiger partial charge < -0.3 is 4.74 Å². The van der Waals surface area contributed by atoms with Gasteiger partial charge in [0.1, 0.15) is 0 Å². The fourth-order valence-electron chi connectivity index (χ4n) is 2.06. The van der Waals surface area contributed by atoms with Crippen LogP contribution in [0.2, 0.25) is 0 Å². The number of hydrogen-bond acceptors (Lipinski definition) is 4. The molecule has 2 rings (SSSR count). The van der Waals surface area contributed by atoms with Crippen molar-refractivity contribution in [3.63, 3.8) is 0 Å². The van der Waals surface area contributed by atoms with Gasteiger partial charge in [-0.05, 0) is 48.4 Å². The third-order valence-corrected chi connectivity index (χ3v) is 3.10. The Morgan fingerprint density at radius 1 is 1.38 bits per heavy atom. The van der Waals surface area contributed by atoms with E-state index < -0.39 is 5.97 Å². The Morgan fingerprint density at radius 3 is 2.95 bits per heavy atom. The molecule has 0 aliphatic heterocycles. The van der Waals surface area contributed by atoms with Gasteiger partial charge in [-0.3, -0.25) is 0 Å². The fraction of sp³-hybridized carbons (Fsp3) is 0.176. The van der Waals surface area contributed by atoms with Crippen molar-refractivity contribution < 1.29 is 9.53 Å². The largest absolute Gasteiger partial charge is 0.461 e. The topological polar surface area (TPSA) is 38.7 Å². The Kier molecular flexibility index (Phi) is 5.38. The first-order valence-corrected chi connectivity index (χ1v) is 7.07. The summed E-state index contributed by atoms with van der Waals surface area (Å²) in [6.45, 7) is 2.04. The normalized spacial score (nSPS) is 16.8. The van der Waals surface area contributed by atoms with Crippen LogP contribution in [0.15, 0.2) is 76.0 Å². The molecular formula is C17H15NO2S. The predicted octanol–water partition coefficient (Wildman–Crippen LogP) is 3.85. The van der Waals surface area contributed by atoms with E-state index >= 15 is 0 Å². The predicted molar refractivity (Wildman–Crippen MR) is 86.9 cm³/mol. The molecule has 2 aliphatic carbocycles. The van der Waals surface area contributed by atoms with E-state index in [0.717, 1.165) is 17.6 Å². The number of ether oxygens (including phenoxy) is 1. The van der Waals surface area contributed by atoms with Gasteiger partial charge in [-0.2, -0.15) is 4.99 Å². The minimum Gasteiger partial charge on any atom is -0.461 e. The van der Waals surface area contributed by atoms with Gasteiger partial charge in [-0.1, -0.05) is 42.5 Å². The Labute approximate surface area is 129 Å². The van der Waals surface area contributed by atoms with Gasteiger partial charge in [0, 0.05) is 0 Å². The highest BCUT2D eigenvalue weighted by atomic mass is 32.1. The number of thiocarbonyl (C=S) groups is 1. The second-order valence-electron chi connectivity index (χ2n) is 4.43. The minimum absolute atomic E-state index is 0.160. The number of carbonyl (C=O) groups excluding carboxylic acids is 1. The zero-order valence-electron chi connectivity index (χ0n) is 11.7. The van der Waals surface area contributed by atoms with E-state index in [1.54, 1.807) is 13.0 Å². The summed E-state index contributed by atoms with van der Waals surface area (Å²) in [5.41, 5.74) is 3.40. The lowest BCUT2D eigenvalue weighted by atomic mass is 9.99. The summed E-state index contributed by atoms with van der Waals surface area (Å²) >= 11 is 4.60. The van der Waals surface area contributed by atoms with Gasteiger partial charge in [-0.15, -0.1) is 0 Å². The van der Waals surface area contributed by atoms with Crippen LogP contribution in [0.5, 0.6) is 0 Å². The number of allylic oxidation sites excluding steroid dienone is 11. The van der Waals surface area contributed by atoms with Crippen molar-refractivity contribution in [3.8, 4) is 0 Å². The zero-order chi connectivity index (χ0) is 15.1. The summed E-state index contributed by atoms with van der Waals surface area (Å²) in [6.07, 6.45) is 16.5. The number of nitrogens with zero attached hydrogens (tertiary/aromatic N) is 1. The van der Waals surface area contributed by atoms with Crippen LogP contribution in [0.1, 0.15) is 13.3 Å². The van der Waals surface area contributed by atoms with Crippen molar-refractivity contribution in [2.45, 2.75) is 13.3 Å². The third-order valence-electron chi connectivity index (χ3n) is 3.01. The highest BCUT2D eigenvalue weighted by molar-refractivity contribution is 7.78. The summed E-state index contributed by atoms with van der Waals surface area (Å²) in [5, 5.41) is 2.23. The molecule has 0 radical (unpaired) electrons. The lowest BCUT2D eigenvalue weighted by Gasteiger charge is -2.07. The summed E-state index contributed by atoms with van der Waals surface area (Å²) in [4.78, 5) is 15.7. The van der Waals surface area contributed by atoms with Crippen molar-refractivity contribution in [1.29, 1.82) is 0 Å². The van der Waals surface area contributed by atoms with Crippen molar-refractivity contribution in [3.05, 3.63) is 71.0 Å². The van der Waals surface area contributed by atoms with Crippen LogP contribution in [-0.2, 0) is 9.53 Å². The first-order chi connectivity index (χ1) is 10.2. The van der Waals surface area contributed by atoms with E-state index in [1.165, 1.54) is 5.57 Å². The molecule has 4 heteroatoms. The van der Waals surface area contributed by atoms with Gasteiger partial charge in [0.15, 0.2) is 5.70 Å². The highest BCUT2D eigenvalue weighted by Gasteiger charge is 2.14. The number of esters is 1. The summed E-state index contributed by atoms with van der Waals surface area (Å²) < 4.78 is 4.98. The van der Waals surface area contributed by atoms with E-state index in [-0.39, 0.29) is 5.70 Å². The average Bonchev–Trinajstić information content (AvgIpc) is 2.81. The molecule has 0 unspecified atom stereocenters. The molecule has 0 N–H and O–H groups in total. The molecule has 0 spiro atoms. The molecule has 2 bridgehead atoms. The Morgan fingerprint density at radius 2 is 2.19 bits per heavy atom. The maximum atomic E-state index is 11.9. The molecule has 3 nitrogen and oxygen atoms in total. The van der Waals surface area contributed by atoms with Crippen molar-refractivity contribution >= 4 is 23.3 Å². The van der Waals surface area contributed by atoms with Crippen LogP contribution >= 0.6 is 12.2 Å². The average molecular weight is 297 g/mol. The van der Waals surface area contributed by atoms with Gasteiger partial charge in [-0.25, -0.2) is 4.79 Å². The summed E-state index contributed by atoms with van der Waals surface area (Å²) in [5.74, 6) is -0.496. The minimum atomic E-state index is -0.496. The van der Waals surface area contributed by atoms with Crippen LogP contribution < -0.4 is 0 Å². The molecule has 0 fully saturated rings.